The Morgan fingerprint density at radius 1 is 1.50 bits per heavy atom. The van der Waals surface area contributed by atoms with Gasteiger partial charge < -0.3 is 15.3 Å². The topological polar surface area (TPSA) is 73.6 Å². The van der Waals surface area contributed by atoms with Crippen molar-refractivity contribution in [3.63, 3.8) is 0 Å². The predicted molar refractivity (Wildman–Crippen MR) is 92.0 cm³/mol. The first-order valence-corrected chi connectivity index (χ1v) is 9.02. The van der Waals surface area contributed by atoms with E-state index >= 15 is 0 Å². The predicted octanol–water partition coefficient (Wildman–Crippen LogP) is 0.335. The molecule has 134 valence electrons. The summed E-state index contributed by atoms with van der Waals surface area (Å²) in [5.41, 5.74) is 0.539. The van der Waals surface area contributed by atoms with E-state index in [9.17, 15) is 9.90 Å². The summed E-state index contributed by atoms with van der Waals surface area (Å²) in [6.45, 7) is 8.72. The van der Waals surface area contributed by atoms with E-state index in [1.807, 2.05) is 21.8 Å². The molecule has 0 aromatic carbocycles. The van der Waals surface area contributed by atoms with Crippen LogP contribution in [-0.4, -0.2) is 82.0 Å². The Hall–Kier alpha value is -1.44. The summed E-state index contributed by atoms with van der Waals surface area (Å²) in [6.07, 6.45) is 3.85. The first-order chi connectivity index (χ1) is 11.5. The van der Waals surface area contributed by atoms with Crippen LogP contribution in [0.1, 0.15) is 43.2 Å². The smallest absolute Gasteiger partial charge is 0.274 e. The Morgan fingerprint density at radius 2 is 2.33 bits per heavy atom. The Kier molecular flexibility index (Phi) is 5.53. The van der Waals surface area contributed by atoms with Gasteiger partial charge in [0.05, 0.1) is 12.1 Å². The van der Waals surface area contributed by atoms with Crippen molar-refractivity contribution in [3.8, 4) is 0 Å². The van der Waals surface area contributed by atoms with Crippen LogP contribution < -0.4 is 5.32 Å². The highest BCUT2D eigenvalue weighted by Gasteiger charge is 2.29. The van der Waals surface area contributed by atoms with Crippen molar-refractivity contribution in [1.82, 2.24) is 24.9 Å². The molecule has 0 saturated carbocycles. The van der Waals surface area contributed by atoms with E-state index in [1.54, 1.807) is 6.92 Å². The molecule has 0 spiro atoms. The zero-order valence-electron chi connectivity index (χ0n) is 14.7. The van der Waals surface area contributed by atoms with Crippen LogP contribution in [0.15, 0.2) is 12.3 Å². The van der Waals surface area contributed by atoms with Gasteiger partial charge in [0.2, 0.25) is 0 Å². The Morgan fingerprint density at radius 3 is 3.00 bits per heavy atom. The fourth-order valence-corrected chi connectivity index (χ4v) is 3.67. The molecule has 2 N–H and O–H groups in total. The van der Waals surface area contributed by atoms with Gasteiger partial charge in [-0.2, -0.15) is 5.10 Å². The highest BCUT2D eigenvalue weighted by molar-refractivity contribution is 5.92. The van der Waals surface area contributed by atoms with Gasteiger partial charge in [0.15, 0.2) is 0 Å². The lowest BCUT2D eigenvalue weighted by Gasteiger charge is -2.40. The minimum atomic E-state index is -0.338. The average molecular weight is 335 g/mol. The average Bonchev–Trinajstić information content (AvgIpc) is 3.06. The van der Waals surface area contributed by atoms with Crippen molar-refractivity contribution in [3.05, 3.63) is 18.0 Å². The van der Waals surface area contributed by atoms with Crippen molar-refractivity contribution in [2.75, 3.05) is 39.3 Å². The Labute approximate surface area is 143 Å². The maximum absolute atomic E-state index is 12.7. The quantitative estimate of drug-likeness (QED) is 0.830. The van der Waals surface area contributed by atoms with Crippen molar-refractivity contribution < 1.29 is 9.90 Å². The Bertz CT molecular complexity index is 553. The summed E-state index contributed by atoms with van der Waals surface area (Å²) in [7, 11) is 0. The SMILES string of the molecule is CC(O)CN1CCN(C(=O)c2ccn(C3CCCNC3)n2)CC1C. The molecule has 1 amide bonds. The lowest BCUT2D eigenvalue weighted by atomic mass is 10.1. The normalized spacial score (nSPS) is 27.2. The molecule has 0 radical (unpaired) electrons. The van der Waals surface area contributed by atoms with E-state index in [-0.39, 0.29) is 18.1 Å². The molecule has 3 heterocycles. The van der Waals surface area contributed by atoms with Gasteiger partial charge in [-0.15, -0.1) is 0 Å². The summed E-state index contributed by atoms with van der Waals surface area (Å²) in [5.74, 6) is 0.0149. The zero-order chi connectivity index (χ0) is 17.1. The summed E-state index contributed by atoms with van der Waals surface area (Å²) in [6, 6.07) is 2.44. The number of aliphatic hydroxyl groups excluding tert-OH is 1. The molecule has 3 atom stereocenters. The summed E-state index contributed by atoms with van der Waals surface area (Å²) in [4.78, 5) is 16.9. The number of aliphatic hydroxyl groups is 1. The molecule has 2 aliphatic heterocycles. The van der Waals surface area contributed by atoms with Crippen LogP contribution in [0, 0.1) is 0 Å². The monoisotopic (exact) mass is 335 g/mol. The first-order valence-electron chi connectivity index (χ1n) is 9.02. The fourth-order valence-electron chi connectivity index (χ4n) is 3.67. The molecule has 2 fully saturated rings. The van der Waals surface area contributed by atoms with Gasteiger partial charge >= 0.3 is 0 Å². The van der Waals surface area contributed by atoms with Crippen LogP contribution in [0.25, 0.3) is 0 Å². The maximum atomic E-state index is 12.7. The van der Waals surface area contributed by atoms with E-state index in [1.165, 1.54) is 0 Å². The zero-order valence-corrected chi connectivity index (χ0v) is 14.7. The number of piperazine rings is 1. The van der Waals surface area contributed by atoms with E-state index in [2.05, 4.69) is 22.2 Å². The standard InChI is InChI=1S/C17H29N5O2/c1-13-11-21(9-8-20(13)12-14(2)23)17(24)16-5-7-22(19-16)15-4-3-6-18-10-15/h5,7,13-15,18,23H,3-4,6,8-12H2,1-2H3. The minimum absolute atomic E-state index is 0.0149. The van der Waals surface area contributed by atoms with Gasteiger partial charge in [0, 0.05) is 45.0 Å². The molecule has 7 nitrogen and oxygen atoms in total. The lowest BCUT2D eigenvalue weighted by molar-refractivity contribution is 0.0360. The summed E-state index contributed by atoms with van der Waals surface area (Å²) in [5, 5.41) is 17.5. The number of carbonyl (C=O) groups excluding carboxylic acids is 1. The second-order valence-electron chi connectivity index (χ2n) is 7.13. The van der Waals surface area contributed by atoms with Crippen molar-refractivity contribution in [2.45, 2.75) is 44.9 Å². The molecule has 0 aliphatic carbocycles. The minimum Gasteiger partial charge on any atom is -0.392 e. The van der Waals surface area contributed by atoms with Gasteiger partial charge in [-0.1, -0.05) is 0 Å². The van der Waals surface area contributed by atoms with E-state index < -0.39 is 0 Å². The van der Waals surface area contributed by atoms with Crippen LogP contribution >= 0.6 is 0 Å². The van der Waals surface area contributed by atoms with Crippen LogP contribution in [0.2, 0.25) is 0 Å². The molecule has 24 heavy (non-hydrogen) atoms. The number of nitrogens with one attached hydrogen (secondary N) is 1. The molecule has 7 heteroatoms. The van der Waals surface area contributed by atoms with Crippen molar-refractivity contribution in [2.24, 2.45) is 0 Å². The molecule has 1 aromatic heterocycles. The number of aromatic nitrogens is 2. The molecular formula is C17H29N5O2. The molecule has 3 unspecified atom stereocenters. The third-order valence-electron chi connectivity index (χ3n) is 5.02. The van der Waals surface area contributed by atoms with Gasteiger partial charge in [-0.3, -0.25) is 14.4 Å². The van der Waals surface area contributed by atoms with Gasteiger partial charge in [-0.25, -0.2) is 0 Å². The van der Waals surface area contributed by atoms with Gasteiger partial charge in [-0.05, 0) is 39.3 Å². The van der Waals surface area contributed by atoms with E-state index in [0.29, 0.717) is 31.4 Å². The van der Waals surface area contributed by atoms with Crippen LogP contribution in [0.5, 0.6) is 0 Å². The lowest BCUT2D eigenvalue weighted by Crippen LogP contribution is -2.55. The number of rotatable bonds is 4. The molecule has 2 saturated heterocycles. The molecule has 0 bridgehead atoms. The third kappa shape index (κ3) is 3.96. The number of hydrogen-bond acceptors (Lipinski definition) is 5. The van der Waals surface area contributed by atoms with E-state index in [0.717, 1.165) is 32.5 Å². The van der Waals surface area contributed by atoms with Crippen molar-refractivity contribution >= 4 is 5.91 Å². The summed E-state index contributed by atoms with van der Waals surface area (Å²) < 4.78 is 1.94. The number of hydrogen-bond donors (Lipinski definition) is 2. The molecule has 3 rings (SSSR count). The number of β-amino-alcohol motifs (C(OH)–C–C–N with tert-alkyl or cyclic N) is 1. The van der Waals surface area contributed by atoms with Crippen molar-refractivity contribution in [1.29, 1.82) is 0 Å². The van der Waals surface area contributed by atoms with Gasteiger partial charge in [0.1, 0.15) is 5.69 Å². The highest BCUT2D eigenvalue weighted by atomic mass is 16.3. The molecule has 1 aromatic rings. The summed E-state index contributed by atoms with van der Waals surface area (Å²) >= 11 is 0. The van der Waals surface area contributed by atoms with Gasteiger partial charge in [0.25, 0.3) is 5.91 Å². The largest absolute Gasteiger partial charge is 0.392 e. The van der Waals surface area contributed by atoms with Crippen LogP contribution in [-0.2, 0) is 0 Å². The number of amides is 1. The fraction of sp³-hybridized carbons (Fsp3) is 0.765. The number of piperidine rings is 1. The molecular weight excluding hydrogens is 306 g/mol. The number of carbonyl (C=O) groups is 1. The van der Waals surface area contributed by atoms with Crippen LogP contribution in [0.4, 0.5) is 0 Å². The first kappa shape index (κ1) is 17.4. The number of nitrogens with zero attached hydrogens (tertiary/aromatic N) is 4. The second kappa shape index (κ2) is 7.63. The maximum Gasteiger partial charge on any atom is 0.274 e. The third-order valence-corrected chi connectivity index (χ3v) is 5.02. The Balaban J connectivity index is 1.60. The second-order valence-corrected chi connectivity index (χ2v) is 7.13. The van der Waals surface area contributed by atoms with Crippen LogP contribution in [0.3, 0.4) is 0 Å². The highest BCUT2D eigenvalue weighted by Crippen LogP contribution is 2.17. The van der Waals surface area contributed by atoms with E-state index in [4.69, 9.17) is 0 Å². The molecule has 2 aliphatic rings.